The number of rotatable bonds is 3. The number of hydrogen-bond acceptors (Lipinski definition) is 3. The number of halogens is 2. The molecule has 1 unspecified atom stereocenters. The Kier molecular flexibility index (Phi) is 3.59. The number of alkyl halides is 2. The maximum Gasteiger partial charge on any atom is 0.404 e. The standard InChI is InChI=1S/C11H13F2N3O2/c12-10(13)16-6-5-9(15-16)7-1-3-8(4-2-7)18-11(14)17/h1,5-6,8,10H,2-4H2,(H2,14,17). The molecule has 1 aliphatic carbocycles. The molecule has 0 fully saturated rings. The Bertz CT molecular complexity index is 471. The summed E-state index contributed by atoms with van der Waals surface area (Å²) >= 11 is 0. The summed E-state index contributed by atoms with van der Waals surface area (Å²) in [4.78, 5) is 10.6. The number of allylic oxidation sites excluding steroid dienone is 1. The van der Waals surface area contributed by atoms with Crippen LogP contribution < -0.4 is 5.73 Å². The number of nitrogens with zero attached hydrogens (tertiary/aromatic N) is 2. The van der Waals surface area contributed by atoms with Gasteiger partial charge in [-0.25, -0.2) is 9.48 Å². The third-order valence-corrected chi connectivity index (χ3v) is 2.78. The van der Waals surface area contributed by atoms with Gasteiger partial charge in [0.25, 0.3) is 0 Å². The van der Waals surface area contributed by atoms with Gasteiger partial charge in [0.05, 0.1) is 5.69 Å². The molecule has 2 rings (SSSR count). The number of hydrogen-bond donors (Lipinski definition) is 1. The molecule has 0 saturated carbocycles. The van der Waals surface area contributed by atoms with Crippen LogP contribution in [0.5, 0.6) is 0 Å². The molecule has 18 heavy (non-hydrogen) atoms. The van der Waals surface area contributed by atoms with Crippen LogP contribution in [0.1, 0.15) is 31.5 Å². The first kappa shape index (κ1) is 12.5. The summed E-state index contributed by atoms with van der Waals surface area (Å²) in [6.07, 6.45) is 3.83. The molecule has 0 radical (unpaired) electrons. The molecular formula is C11H13F2N3O2. The van der Waals surface area contributed by atoms with Gasteiger partial charge in [-0.15, -0.1) is 0 Å². The second-order valence-corrected chi connectivity index (χ2v) is 4.02. The minimum Gasteiger partial charge on any atom is -0.446 e. The van der Waals surface area contributed by atoms with Gasteiger partial charge >= 0.3 is 12.6 Å². The van der Waals surface area contributed by atoms with E-state index >= 15 is 0 Å². The van der Waals surface area contributed by atoms with Crippen LogP contribution in [0.25, 0.3) is 5.57 Å². The lowest BCUT2D eigenvalue weighted by Gasteiger charge is -2.20. The van der Waals surface area contributed by atoms with Crippen molar-refractivity contribution >= 4 is 11.7 Å². The van der Waals surface area contributed by atoms with Gasteiger partial charge in [-0.3, -0.25) is 0 Å². The van der Waals surface area contributed by atoms with Crippen LogP contribution >= 0.6 is 0 Å². The normalized spacial score (nSPS) is 19.7. The van der Waals surface area contributed by atoms with Crippen molar-refractivity contribution in [2.24, 2.45) is 5.73 Å². The maximum atomic E-state index is 12.4. The summed E-state index contributed by atoms with van der Waals surface area (Å²) in [7, 11) is 0. The Morgan fingerprint density at radius 1 is 1.61 bits per heavy atom. The van der Waals surface area contributed by atoms with E-state index in [-0.39, 0.29) is 6.10 Å². The Balaban J connectivity index is 2.02. The van der Waals surface area contributed by atoms with Crippen LogP contribution in [0.4, 0.5) is 13.6 Å². The molecule has 98 valence electrons. The predicted octanol–water partition coefficient (Wildman–Crippen LogP) is 2.31. The van der Waals surface area contributed by atoms with Crippen molar-refractivity contribution in [1.82, 2.24) is 9.78 Å². The fraction of sp³-hybridized carbons (Fsp3) is 0.455. The molecule has 2 N–H and O–H groups in total. The van der Waals surface area contributed by atoms with Crippen molar-refractivity contribution in [3.63, 3.8) is 0 Å². The van der Waals surface area contributed by atoms with Crippen LogP contribution in [-0.2, 0) is 4.74 Å². The molecule has 0 aliphatic heterocycles. The number of nitrogens with two attached hydrogens (primary N) is 1. The molecular weight excluding hydrogens is 244 g/mol. The molecule has 0 bridgehead atoms. The third kappa shape index (κ3) is 2.85. The number of carbonyl (C=O) groups excluding carboxylic acids is 1. The molecule has 7 heteroatoms. The Hall–Kier alpha value is -1.92. The monoisotopic (exact) mass is 257 g/mol. The highest BCUT2D eigenvalue weighted by Crippen LogP contribution is 2.27. The lowest BCUT2D eigenvalue weighted by atomic mass is 9.95. The lowest BCUT2D eigenvalue weighted by Crippen LogP contribution is -2.24. The van der Waals surface area contributed by atoms with Crippen molar-refractivity contribution in [2.45, 2.75) is 31.9 Å². The second-order valence-electron chi connectivity index (χ2n) is 4.02. The predicted molar refractivity (Wildman–Crippen MR) is 59.8 cm³/mol. The van der Waals surface area contributed by atoms with E-state index in [0.717, 1.165) is 5.57 Å². The molecule has 1 aromatic rings. The van der Waals surface area contributed by atoms with E-state index in [1.165, 1.54) is 6.20 Å². The van der Waals surface area contributed by atoms with Crippen molar-refractivity contribution in [3.8, 4) is 0 Å². The molecule has 1 amide bonds. The van der Waals surface area contributed by atoms with Crippen molar-refractivity contribution < 1.29 is 18.3 Å². The first-order valence-corrected chi connectivity index (χ1v) is 5.55. The first-order chi connectivity index (χ1) is 8.56. The molecule has 1 atom stereocenters. The van der Waals surface area contributed by atoms with Gasteiger partial charge in [0.2, 0.25) is 0 Å². The lowest BCUT2D eigenvalue weighted by molar-refractivity contribution is 0.0564. The second kappa shape index (κ2) is 5.16. The molecule has 1 aromatic heterocycles. The number of primary amides is 1. The van der Waals surface area contributed by atoms with Gasteiger partial charge in [-0.2, -0.15) is 13.9 Å². The number of carbonyl (C=O) groups is 1. The van der Waals surface area contributed by atoms with E-state index in [4.69, 9.17) is 10.5 Å². The van der Waals surface area contributed by atoms with E-state index < -0.39 is 12.6 Å². The Morgan fingerprint density at radius 3 is 2.89 bits per heavy atom. The maximum absolute atomic E-state index is 12.4. The molecule has 0 aromatic carbocycles. The quantitative estimate of drug-likeness (QED) is 0.903. The van der Waals surface area contributed by atoms with Crippen molar-refractivity contribution in [3.05, 3.63) is 24.0 Å². The molecule has 1 heterocycles. The summed E-state index contributed by atoms with van der Waals surface area (Å²) in [6, 6.07) is 1.55. The van der Waals surface area contributed by atoms with Crippen LogP contribution in [-0.4, -0.2) is 22.0 Å². The van der Waals surface area contributed by atoms with Gasteiger partial charge in [-0.1, -0.05) is 6.08 Å². The highest BCUT2D eigenvalue weighted by molar-refractivity contribution is 5.66. The largest absolute Gasteiger partial charge is 0.446 e. The summed E-state index contributed by atoms with van der Waals surface area (Å²) in [5.74, 6) is 0. The Labute approximate surface area is 102 Å². The van der Waals surface area contributed by atoms with Crippen LogP contribution in [0.2, 0.25) is 0 Å². The molecule has 5 nitrogen and oxygen atoms in total. The van der Waals surface area contributed by atoms with Gasteiger partial charge in [0, 0.05) is 12.6 Å². The third-order valence-electron chi connectivity index (χ3n) is 2.78. The van der Waals surface area contributed by atoms with Crippen LogP contribution in [0.15, 0.2) is 18.3 Å². The first-order valence-electron chi connectivity index (χ1n) is 5.55. The molecule has 0 spiro atoms. The number of amides is 1. The minimum atomic E-state index is -2.63. The summed E-state index contributed by atoms with van der Waals surface area (Å²) in [5, 5.41) is 3.79. The Morgan fingerprint density at radius 2 is 2.39 bits per heavy atom. The highest BCUT2D eigenvalue weighted by atomic mass is 19.3. The van der Waals surface area contributed by atoms with Crippen LogP contribution in [0, 0.1) is 0 Å². The topological polar surface area (TPSA) is 70.1 Å². The fourth-order valence-corrected chi connectivity index (χ4v) is 1.93. The zero-order chi connectivity index (χ0) is 13.1. The molecule has 1 aliphatic rings. The van der Waals surface area contributed by atoms with Crippen molar-refractivity contribution in [1.29, 1.82) is 0 Å². The van der Waals surface area contributed by atoms with E-state index in [1.807, 2.05) is 6.08 Å². The van der Waals surface area contributed by atoms with E-state index in [0.29, 0.717) is 29.6 Å². The number of aromatic nitrogens is 2. The number of ether oxygens (including phenoxy) is 1. The average molecular weight is 257 g/mol. The van der Waals surface area contributed by atoms with Gasteiger partial charge in [0.15, 0.2) is 0 Å². The van der Waals surface area contributed by atoms with Crippen molar-refractivity contribution in [2.75, 3.05) is 0 Å². The minimum absolute atomic E-state index is 0.233. The van der Waals surface area contributed by atoms with E-state index in [2.05, 4.69) is 5.10 Å². The molecule has 0 saturated heterocycles. The average Bonchev–Trinajstić information content (AvgIpc) is 2.78. The van der Waals surface area contributed by atoms with Gasteiger partial charge in [0.1, 0.15) is 6.10 Å². The van der Waals surface area contributed by atoms with E-state index in [9.17, 15) is 13.6 Å². The zero-order valence-electron chi connectivity index (χ0n) is 9.55. The zero-order valence-corrected chi connectivity index (χ0v) is 9.55. The summed E-state index contributed by atoms with van der Waals surface area (Å²) in [6.45, 7) is -2.63. The SMILES string of the molecule is NC(=O)OC1CC=C(c2ccn(C(F)F)n2)CC1. The summed E-state index contributed by atoms with van der Waals surface area (Å²) < 4.78 is 30.2. The van der Waals surface area contributed by atoms with E-state index in [1.54, 1.807) is 6.07 Å². The fourth-order valence-electron chi connectivity index (χ4n) is 1.93. The highest BCUT2D eigenvalue weighted by Gasteiger charge is 2.19. The smallest absolute Gasteiger partial charge is 0.404 e. The van der Waals surface area contributed by atoms with Gasteiger partial charge < -0.3 is 10.5 Å². The van der Waals surface area contributed by atoms with Crippen LogP contribution in [0.3, 0.4) is 0 Å². The van der Waals surface area contributed by atoms with Gasteiger partial charge in [-0.05, 0) is 24.5 Å². The summed E-state index contributed by atoms with van der Waals surface area (Å²) in [5.41, 5.74) is 6.35.